The zero-order valence-corrected chi connectivity index (χ0v) is 11.8. The predicted octanol–water partition coefficient (Wildman–Crippen LogP) is 1.21. The highest BCUT2D eigenvalue weighted by molar-refractivity contribution is 5.96. The van der Waals surface area contributed by atoms with Crippen molar-refractivity contribution < 1.29 is 23.1 Å². The average Bonchev–Trinajstić information content (AvgIpc) is 2.86. The van der Waals surface area contributed by atoms with Gasteiger partial charge in [-0.25, -0.2) is 9.31 Å². The standard InChI is InChI=1S/C13H13F3N4O3/c14-13(15,16)10-9(12(22)23)11-18-8(21)5-7(20(11)19-10)6-1-3-17-4-2-6/h5-6,17H,1-4H2,(H,18,21)(H,22,23). The molecule has 3 rings (SSSR count). The lowest BCUT2D eigenvalue weighted by Crippen LogP contribution is -2.28. The molecule has 1 saturated heterocycles. The number of aromatic nitrogens is 3. The Morgan fingerprint density at radius 1 is 1.35 bits per heavy atom. The van der Waals surface area contributed by atoms with Gasteiger partial charge in [-0.15, -0.1) is 0 Å². The van der Waals surface area contributed by atoms with Crippen LogP contribution in [-0.4, -0.2) is 38.8 Å². The van der Waals surface area contributed by atoms with Gasteiger partial charge < -0.3 is 15.4 Å². The number of hydrogen-bond acceptors (Lipinski definition) is 4. The molecule has 0 saturated carbocycles. The van der Waals surface area contributed by atoms with Crippen molar-refractivity contribution in [2.45, 2.75) is 24.9 Å². The quantitative estimate of drug-likeness (QED) is 0.768. The van der Waals surface area contributed by atoms with Crippen LogP contribution in [0.5, 0.6) is 0 Å². The van der Waals surface area contributed by atoms with Gasteiger partial charge in [-0.05, 0) is 25.9 Å². The fraction of sp³-hybridized carbons (Fsp3) is 0.462. The van der Waals surface area contributed by atoms with Gasteiger partial charge in [-0.3, -0.25) is 4.79 Å². The molecule has 0 unspecified atom stereocenters. The molecule has 1 fully saturated rings. The highest BCUT2D eigenvalue weighted by Gasteiger charge is 2.41. The molecule has 0 amide bonds. The molecule has 10 heteroatoms. The van der Waals surface area contributed by atoms with Crippen molar-refractivity contribution >= 4 is 11.6 Å². The molecule has 2 aromatic heterocycles. The summed E-state index contributed by atoms with van der Waals surface area (Å²) in [6, 6.07) is 1.18. The maximum atomic E-state index is 13.1. The number of rotatable bonds is 2. The molecule has 1 aliphatic rings. The third kappa shape index (κ3) is 2.69. The minimum Gasteiger partial charge on any atom is -0.477 e. The first kappa shape index (κ1) is 15.5. The van der Waals surface area contributed by atoms with Gasteiger partial charge >= 0.3 is 12.1 Å². The lowest BCUT2D eigenvalue weighted by Gasteiger charge is -2.23. The maximum absolute atomic E-state index is 13.1. The molecule has 3 N–H and O–H groups in total. The van der Waals surface area contributed by atoms with Gasteiger partial charge in [0.2, 0.25) is 0 Å². The Labute approximate surface area is 127 Å². The molecule has 2 aromatic rings. The highest BCUT2D eigenvalue weighted by Crippen LogP contribution is 2.34. The molecule has 0 aromatic carbocycles. The Morgan fingerprint density at radius 2 is 2.00 bits per heavy atom. The maximum Gasteiger partial charge on any atom is 0.436 e. The van der Waals surface area contributed by atoms with Crippen molar-refractivity contribution in [2.75, 3.05) is 13.1 Å². The van der Waals surface area contributed by atoms with Gasteiger partial charge in [0.15, 0.2) is 11.3 Å². The number of aromatic amines is 1. The van der Waals surface area contributed by atoms with Crippen LogP contribution >= 0.6 is 0 Å². The molecule has 0 spiro atoms. The van der Waals surface area contributed by atoms with Crippen LogP contribution < -0.4 is 10.9 Å². The SMILES string of the molecule is O=C(O)c1c(C(F)(F)F)nn2c(C3CCNCC3)cc(=O)[nH]c12. The molecular formula is C13H13F3N4O3. The summed E-state index contributed by atoms with van der Waals surface area (Å²) >= 11 is 0. The molecule has 0 radical (unpaired) electrons. The second-order valence-corrected chi connectivity index (χ2v) is 5.37. The topological polar surface area (TPSA) is 99.5 Å². The van der Waals surface area contributed by atoms with Gasteiger partial charge in [0, 0.05) is 12.0 Å². The number of aromatic carboxylic acids is 1. The summed E-state index contributed by atoms with van der Waals surface area (Å²) in [4.78, 5) is 25.2. The number of carbonyl (C=O) groups is 1. The van der Waals surface area contributed by atoms with Gasteiger partial charge in [0.25, 0.3) is 5.56 Å². The van der Waals surface area contributed by atoms with E-state index in [1.165, 1.54) is 6.07 Å². The fourth-order valence-electron chi connectivity index (χ4n) is 2.88. The van der Waals surface area contributed by atoms with Crippen molar-refractivity contribution in [3.8, 4) is 0 Å². The average molecular weight is 330 g/mol. The van der Waals surface area contributed by atoms with Crippen LogP contribution in [0.25, 0.3) is 5.65 Å². The van der Waals surface area contributed by atoms with E-state index in [9.17, 15) is 22.8 Å². The third-order valence-corrected chi connectivity index (χ3v) is 3.89. The van der Waals surface area contributed by atoms with Crippen LogP contribution in [0.1, 0.15) is 40.5 Å². The number of carboxylic acid groups (broad SMARTS) is 1. The zero-order valence-electron chi connectivity index (χ0n) is 11.8. The summed E-state index contributed by atoms with van der Waals surface area (Å²) in [5.74, 6) is -1.95. The molecule has 0 bridgehead atoms. The van der Waals surface area contributed by atoms with Crippen molar-refractivity contribution in [3.05, 3.63) is 33.4 Å². The second kappa shape index (κ2) is 5.37. The van der Waals surface area contributed by atoms with Crippen LogP contribution in [0.2, 0.25) is 0 Å². The largest absolute Gasteiger partial charge is 0.477 e. The predicted molar refractivity (Wildman–Crippen MR) is 72.6 cm³/mol. The van der Waals surface area contributed by atoms with Crippen molar-refractivity contribution in [2.24, 2.45) is 0 Å². The molecule has 1 aliphatic heterocycles. The Kier molecular flexibility index (Phi) is 3.63. The highest BCUT2D eigenvalue weighted by atomic mass is 19.4. The molecule has 0 aliphatic carbocycles. The van der Waals surface area contributed by atoms with E-state index in [1.807, 2.05) is 0 Å². The van der Waals surface area contributed by atoms with E-state index in [2.05, 4.69) is 15.4 Å². The Balaban J connectivity index is 2.30. The van der Waals surface area contributed by atoms with E-state index in [-0.39, 0.29) is 5.92 Å². The van der Waals surface area contributed by atoms with Crippen LogP contribution in [0.3, 0.4) is 0 Å². The lowest BCUT2D eigenvalue weighted by molar-refractivity contribution is -0.141. The van der Waals surface area contributed by atoms with E-state index >= 15 is 0 Å². The first-order valence-electron chi connectivity index (χ1n) is 6.96. The number of fused-ring (bicyclic) bond motifs is 1. The number of hydrogen-bond donors (Lipinski definition) is 3. The van der Waals surface area contributed by atoms with Crippen molar-refractivity contribution in [1.82, 2.24) is 19.9 Å². The van der Waals surface area contributed by atoms with Gasteiger partial charge in [-0.1, -0.05) is 0 Å². The van der Waals surface area contributed by atoms with Crippen molar-refractivity contribution in [1.29, 1.82) is 0 Å². The van der Waals surface area contributed by atoms with Crippen LogP contribution in [-0.2, 0) is 6.18 Å². The molecular weight excluding hydrogens is 317 g/mol. The summed E-state index contributed by atoms with van der Waals surface area (Å²) in [5.41, 5.74) is -3.34. The number of piperidine rings is 1. The Morgan fingerprint density at radius 3 is 2.57 bits per heavy atom. The minimum absolute atomic E-state index is 0.163. The van der Waals surface area contributed by atoms with E-state index in [1.54, 1.807) is 0 Å². The second-order valence-electron chi connectivity index (χ2n) is 5.37. The van der Waals surface area contributed by atoms with E-state index in [0.29, 0.717) is 31.6 Å². The summed E-state index contributed by atoms with van der Waals surface area (Å²) in [6.45, 7) is 1.33. The molecule has 23 heavy (non-hydrogen) atoms. The third-order valence-electron chi connectivity index (χ3n) is 3.89. The van der Waals surface area contributed by atoms with E-state index in [0.717, 1.165) is 4.52 Å². The molecule has 3 heterocycles. The molecule has 7 nitrogen and oxygen atoms in total. The van der Waals surface area contributed by atoms with Gasteiger partial charge in [-0.2, -0.15) is 18.3 Å². The zero-order chi connectivity index (χ0) is 16.8. The van der Waals surface area contributed by atoms with E-state index < -0.39 is 34.6 Å². The van der Waals surface area contributed by atoms with Gasteiger partial charge in [0.1, 0.15) is 5.56 Å². The summed E-state index contributed by atoms with van der Waals surface area (Å²) < 4.78 is 40.1. The Bertz CT molecular complexity index is 818. The number of H-pyrrole nitrogens is 1. The number of alkyl halides is 3. The monoisotopic (exact) mass is 330 g/mol. The van der Waals surface area contributed by atoms with Crippen LogP contribution in [0.15, 0.2) is 10.9 Å². The first-order valence-corrected chi connectivity index (χ1v) is 6.96. The number of nitrogens with zero attached hydrogens (tertiary/aromatic N) is 2. The fourth-order valence-corrected chi connectivity index (χ4v) is 2.88. The lowest BCUT2D eigenvalue weighted by atomic mass is 9.94. The summed E-state index contributed by atoms with van der Waals surface area (Å²) in [6.07, 6.45) is -3.67. The summed E-state index contributed by atoms with van der Waals surface area (Å²) in [5, 5.41) is 15.7. The number of carboxylic acids is 1. The summed E-state index contributed by atoms with van der Waals surface area (Å²) in [7, 11) is 0. The van der Waals surface area contributed by atoms with E-state index in [4.69, 9.17) is 5.11 Å². The normalized spacial score (nSPS) is 16.8. The first-order chi connectivity index (χ1) is 10.8. The number of nitrogens with one attached hydrogen (secondary N) is 2. The smallest absolute Gasteiger partial charge is 0.436 e. The Hall–Kier alpha value is -2.36. The molecule has 0 atom stereocenters. The molecule has 124 valence electrons. The van der Waals surface area contributed by atoms with Crippen LogP contribution in [0.4, 0.5) is 13.2 Å². The van der Waals surface area contributed by atoms with Crippen LogP contribution in [0, 0.1) is 0 Å². The van der Waals surface area contributed by atoms with Crippen molar-refractivity contribution in [3.63, 3.8) is 0 Å². The minimum atomic E-state index is -4.93. The van der Waals surface area contributed by atoms with Gasteiger partial charge in [0.05, 0.1) is 5.69 Å². The number of halogens is 3.